The number of esters is 1. The summed E-state index contributed by atoms with van der Waals surface area (Å²) >= 11 is 0. The number of carbonyl (C=O) groups excluding carboxylic acids is 2. The molecule has 6 nitrogen and oxygen atoms in total. The topological polar surface area (TPSA) is 71.1 Å². The molecule has 0 amide bonds. The van der Waals surface area contributed by atoms with Gasteiger partial charge in [0.05, 0.1) is 21.3 Å². The first-order valence-corrected chi connectivity index (χ1v) is 16.5. The van der Waals surface area contributed by atoms with Crippen molar-refractivity contribution in [3.05, 3.63) is 52.6 Å². The van der Waals surface area contributed by atoms with Crippen LogP contribution in [0.4, 0.5) is 0 Å². The van der Waals surface area contributed by atoms with Crippen LogP contribution in [0, 0.1) is 23.7 Å². The lowest BCUT2D eigenvalue weighted by Crippen LogP contribution is -2.52. The summed E-state index contributed by atoms with van der Waals surface area (Å²) in [5.41, 5.74) is 4.24. The van der Waals surface area contributed by atoms with Gasteiger partial charge in [-0.3, -0.25) is 9.59 Å². The van der Waals surface area contributed by atoms with E-state index in [4.69, 9.17) is 18.9 Å². The lowest BCUT2D eigenvalue weighted by Gasteiger charge is -2.50. The molecule has 0 saturated heterocycles. The Morgan fingerprint density at radius 2 is 1.68 bits per heavy atom. The van der Waals surface area contributed by atoms with E-state index in [-0.39, 0.29) is 40.5 Å². The van der Waals surface area contributed by atoms with Crippen LogP contribution in [-0.4, -0.2) is 39.2 Å². The molecule has 0 bridgehead atoms. The normalized spacial score (nSPS) is 28.6. The molecule has 0 N–H and O–H groups in total. The van der Waals surface area contributed by atoms with Crippen molar-refractivity contribution in [3.63, 3.8) is 0 Å². The van der Waals surface area contributed by atoms with Gasteiger partial charge >= 0.3 is 5.97 Å². The van der Waals surface area contributed by atoms with Crippen molar-refractivity contribution in [2.24, 2.45) is 23.7 Å². The molecular weight excluding hydrogens is 552 g/mol. The molecule has 0 unspecified atom stereocenters. The molecule has 2 aromatic carbocycles. The van der Waals surface area contributed by atoms with Crippen molar-refractivity contribution in [3.8, 4) is 17.2 Å². The second-order valence-corrected chi connectivity index (χ2v) is 14.7. The number of ether oxygens (including phenoxy) is 4. The van der Waals surface area contributed by atoms with Gasteiger partial charge in [0.1, 0.15) is 23.6 Å². The third kappa shape index (κ3) is 5.51. The molecule has 0 aliphatic heterocycles. The third-order valence-electron chi connectivity index (χ3n) is 11.5. The first-order chi connectivity index (χ1) is 20.9. The van der Waals surface area contributed by atoms with E-state index >= 15 is 0 Å². The highest BCUT2D eigenvalue weighted by molar-refractivity contribution is 6.00. The standard InChI is InChI=1S/C38H52O6/c1-22(2)25-12-15-27-26(35(25)43-9)13-16-29-34(30(39)18-19-38(27,29)6)36(40)44-32-20-23(3)10-14-28(32)37(4,5)24-11-17-31(41-7)33(21-24)42-8/h11-12,15,17,21-23,28-29,32,34H,10,13-14,16,18-20H2,1-9H3/t23-,28-,29+,32+,34+,38-/m1/s1. The van der Waals surface area contributed by atoms with Gasteiger partial charge in [-0.2, -0.15) is 0 Å². The van der Waals surface area contributed by atoms with Crippen LogP contribution in [-0.2, 0) is 31.6 Å². The van der Waals surface area contributed by atoms with E-state index < -0.39 is 5.92 Å². The fourth-order valence-corrected chi connectivity index (χ4v) is 8.81. The number of hydrogen-bond donors (Lipinski definition) is 0. The molecule has 0 radical (unpaired) electrons. The molecule has 6 atom stereocenters. The average molecular weight is 605 g/mol. The molecular formula is C38H52O6. The summed E-state index contributed by atoms with van der Waals surface area (Å²) in [6.07, 6.45) is 5.27. The Hall–Kier alpha value is -3.02. The fraction of sp³-hybridized carbons (Fsp3) is 0.632. The SMILES string of the molecule is COc1ccc(C(C)(C)[C@@H]2CC[C@@H](C)C[C@@H]2OC(=O)[C@@H]2C(=O)CC[C@]3(C)c4ccc(C(C)C)c(OC)c4CC[C@@H]23)cc1OC. The number of Topliss-reactive ketones (excluding diaryl/α,β-unsaturated/α-hetero) is 1. The Bertz CT molecular complexity index is 1390. The Kier molecular flexibility index (Phi) is 9.13. The summed E-state index contributed by atoms with van der Waals surface area (Å²) in [4.78, 5) is 27.8. The number of benzene rings is 2. The summed E-state index contributed by atoms with van der Waals surface area (Å²) in [6.45, 7) is 13.3. The number of methoxy groups -OCH3 is 3. The van der Waals surface area contributed by atoms with Gasteiger partial charge in [0.25, 0.3) is 0 Å². The zero-order chi connectivity index (χ0) is 32.0. The molecule has 0 aromatic heterocycles. The molecule has 3 aliphatic rings. The van der Waals surface area contributed by atoms with Crippen LogP contribution in [0.5, 0.6) is 17.2 Å². The van der Waals surface area contributed by atoms with Crippen LogP contribution in [0.15, 0.2) is 30.3 Å². The van der Waals surface area contributed by atoms with Crippen molar-refractivity contribution in [1.82, 2.24) is 0 Å². The van der Waals surface area contributed by atoms with Crippen LogP contribution in [0.3, 0.4) is 0 Å². The molecule has 3 aliphatic carbocycles. The molecule has 44 heavy (non-hydrogen) atoms. The zero-order valence-corrected chi connectivity index (χ0v) is 28.3. The monoisotopic (exact) mass is 604 g/mol. The van der Waals surface area contributed by atoms with E-state index in [9.17, 15) is 9.59 Å². The van der Waals surface area contributed by atoms with E-state index in [1.54, 1.807) is 21.3 Å². The Morgan fingerprint density at radius 1 is 0.955 bits per heavy atom. The van der Waals surface area contributed by atoms with Crippen LogP contribution >= 0.6 is 0 Å². The van der Waals surface area contributed by atoms with E-state index in [0.29, 0.717) is 29.8 Å². The lowest BCUT2D eigenvalue weighted by atomic mass is 9.54. The lowest BCUT2D eigenvalue weighted by molar-refractivity contribution is -0.169. The maximum absolute atomic E-state index is 14.2. The smallest absolute Gasteiger partial charge is 0.317 e. The van der Waals surface area contributed by atoms with Gasteiger partial charge in [-0.1, -0.05) is 66.2 Å². The molecule has 0 spiro atoms. The molecule has 2 saturated carbocycles. The van der Waals surface area contributed by atoms with Crippen molar-refractivity contribution in [1.29, 1.82) is 0 Å². The number of ketones is 1. The predicted octanol–water partition coefficient (Wildman–Crippen LogP) is 7.96. The minimum atomic E-state index is -0.736. The third-order valence-corrected chi connectivity index (χ3v) is 11.5. The zero-order valence-electron chi connectivity index (χ0n) is 28.3. The molecule has 240 valence electrons. The Labute approximate surface area is 264 Å². The molecule has 2 fully saturated rings. The van der Waals surface area contributed by atoms with Gasteiger partial charge < -0.3 is 18.9 Å². The van der Waals surface area contributed by atoms with Crippen molar-refractivity contribution in [2.45, 2.75) is 109 Å². The second-order valence-electron chi connectivity index (χ2n) is 14.7. The van der Waals surface area contributed by atoms with Crippen LogP contribution in [0.1, 0.15) is 108 Å². The largest absolute Gasteiger partial charge is 0.496 e. The fourth-order valence-electron chi connectivity index (χ4n) is 8.81. The molecule has 6 heteroatoms. The van der Waals surface area contributed by atoms with Gasteiger partial charge in [-0.25, -0.2) is 0 Å². The Balaban J connectivity index is 1.44. The number of rotatable bonds is 8. The van der Waals surface area contributed by atoms with Gasteiger partial charge in [0.2, 0.25) is 0 Å². The highest BCUT2D eigenvalue weighted by Crippen LogP contribution is 2.54. The summed E-state index contributed by atoms with van der Waals surface area (Å²) < 4.78 is 23.6. The van der Waals surface area contributed by atoms with Crippen molar-refractivity contribution in [2.75, 3.05) is 21.3 Å². The first-order valence-electron chi connectivity index (χ1n) is 16.5. The summed E-state index contributed by atoms with van der Waals surface area (Å²) in [5.74, 6) is 2.15. The predicted molar refractivity (Wildman–Crippen MR) is 173 cm³/mol. The van der Waals surface area contributed by atoms with E-state index in [1.165, 1.54) is 16.7 Å². The average Bonchev–Trinajstić information content (AvgIpc) is 3.00. The maximum atomic E-state index is 14.2. The molecule has 0 heterocycles. The summed E-state index contributed by atoms with van der Waals surface area (Å²) in [5, 5.41) is 0. The molecule has 5 rings (SSSR count). The highest BCUT2D eigenvalue weighted by Gasteiger charge is 2.54. The highest BCUT2D eigenvalue weighted by atomic mass is 16.5. The summed E-state index contributed by atoms with van der Waals surface area (Å²) in [7, 11) is 5.05. The van der Waals surface area contributed by atoms with Crippen LogP contribution < -0.4 is 14.2 Å². The quantitative estimate of drug-likeness (QED) is 0.225. The van der Waals surface area contributed by atoms with Crippen LogP contribution in [0.25, 0.3) is 0 Å². The number of hydrogen-bond acceptors (Lipinski definition) is 6. The molecule has 2 aromatic rings. The van der Waals surface area contributed by atoms with E-state index in [1.807, 2.05) is 12.1 Å². The van der Waals surface area contributed by atoms with E-state index in [2.05, 4.69) is 59.7 Å². The Morgan fingerprint density at radius 3 is 2.34 bits per heavy atom. The van der Waals surface area contributed by atoms with Gasteiger partial charge in [-0.05, 0) is 95.1 Å². The first kappa shape index (κ1) is 32.4. The van der Waals surface area contributed by atoms with Crippen LogP contribution in [0.2, 0.25) is 0 Å². The summed E-state index contributed by atoms with van der Waals surface area (Å²) in [6, 6.07) is 10.5. The van der Waals surface area contributed by atoms with Gasteiger partial charge in [0.15, 0.2) is 11.5 Å². The minimum absolute atomic E-state index is 0.0336. The van der Waals surface area contributed by atoms with Gasteiger partial charge in [0, 0.05) is 12.3 Å². The number of fused-ring (bicyclic) bond motifs is 3. The van der Waals surface area contributed by atoms with Crippen molar-refractivity contribution >= 4 is 11.8 Å². The maximum Gasteiger partial charge on any atom is 0.317 e. The minimum Gasteiger partial charge on any atom is -0.496 e. The van der Waals surface area contributed by atoms with E-state index in [0.717, 1.165) is 49.8 Å². The van der Waals surface area contributed by atoms with Gasteiger partial charge in [-0.15, -0.1) is 0 Å². The van der Waals surface area contributed by atoms with Crippen molar-refractivity contribution < 1.29 is 28.5 Å². The second kappa shape index (κ2) is 12.4. The number of carbonyl (C=O) groups is 2.